The van der Waals surface area contributed by atoms with E-state index in [2.05, 4.69) is 13.8 Å². The van der Waals surface area contributed by atoms with Gasteiger partial charge in [-0.1, -0.05) is 206 Å². The quantitative estimate of drug-likeness (QED) is 0.0353. The molecule has 1 aliphatic rings. The molecule has 6 unspecified atom stereocenters. The Labute approximate surface area is 338 Å². The summed E-state index contributed by atoms with van der Waals surface area (Å²) in [6, 6.07) is 0. The Kier molecular flexibility index (Phi) is 36.7. The van der Waals surface area contributed by atoms with Crippen LogP contribution in [0.25, 0.3) is 0 Å². The smallest absolute Gasteiger partial charge is 0.306 e. The molecule has 0 saturated carbocycles. The zero-order valence-electron chi connectivity index (χ0n) is 36.0. The van der Waals surface area contributed by atoms with Crippen molar-refractivity contribution in [2.24, 2.45) is 0 Å². The van der Waals surface area contributed by atoms with Gasteiger partial charge in [-0.2, -0.15) is 0 Å². The number of aliphatic hydroxyl groups is 4. The first-order valence-corrected chi connectivity index (χ1v) is 23.6. The van der Waals surface area contributed by atoms with E-state index in [9.17, 15) is 25.2 Å². The summed E-state index contributed by atoms with van der Waals surface area (Å²) < 4.78 is 22.9. The van der Waals surface area contributed by atoms with Crippen LogP contribution in [0.2, 0.25) is 0 Å². The van der Waals surface area contributed by atoms with E-state index in [1.165, 1.54) is 173 Å². The second-order valence-corrected chi connectivity index (χ2v) is 16.6. The van der Waals surface area contributed by atoms with Gasteiger partial charge in [0.1, 0.15) is 30.5 Å². The van der Waals surface area contributed by atoms with E-state index < -0.39 is 43.4 Å². The standard InChI is InChI=1S/C46H90O9/c1-3-5-7-9-11-13-15-17-19-21-23-25-27-29-31-33-35-42(48)54-40(39-53-46-45(51)44(50)43(49)41(37-47)55-46)38-52-36-34-32-30-28-26-24-22-20-18-16-14-12-10-8-6-4-2/h40-41,43-47,49-51H,3-39H2,1-2H3. The van der Waals surface area contributed by atoms with Gasteiger partial charge in [-0.05, 0) is 12.8 Å². The molecule has 0 aromatic rings. The zero-order valence-corrected chi connectivity index (χ0v) is 36.0. The van der Waals surface area contributed by atoms with Gasteiger partial charge < -0.3 is 39.4 Å². The van der Waals surface area contributed by atoms with Gasteiger partial charge in [0.05, 0.1) is 19.8 Å². The third-order valence-corrected chi connectivity index (χ3v) is 11.3. The number of hydrogen-bond acceptors (Lipinski definition) is 9. The summed E-state index contributed by atoms with van der Waals surface area (Å²) in [7, 11) is 0. The minimum atomic E-state index is -1.53. The minimum Gasteiger partial charge on any atom is -0.457 e. The Hall–Kier alpha value is -0.810. The van der Waals surface area contributed by atoms with Crippen molar-refractivity contribution < 1.29 is 44.2 Å². The van der Waals surface area contributed by atoms with Crippen LogP contribution in [-0.2, 0) is 23.7 Å². The maximum atomic E-state index is 12.8. The van der Waals surface area contributed by atoms with E-state index in [1.54, 1.807) is 0 Å². The molecule has 0 aliphatic carbocycles. The first kappa shape index (κ1) is 52.2. The van der Waals surface area contributed by atoms with E-state index in [0.29, 0.717) is 13.0 Å². The third kappa shape index (κ3) is 30.0. The lowest BCUT2D eigenvalue weighted by atomic mass is 9.99. The number of ether oxygens (including phenoxy) is 4. The van der Waals surface area contributed by atoms with E-state index in [-0.39, 0.29) is 19.2 Å². The minimum absolute atomic E-state index is 0.105. The van der Waals surface area contributed by atoms with Crippen LogP contribution in [0.4, 0.5) is 0 Å². The number of hydrogen-bond donors (Lipinski definition) is 4. The Morgan fingerprint density at radius 2 is 0.891 bits per heavy atom. The second kappa shape index (κ2) is 38.7. The highest BCUT2D eigenvalue weighted by Gasteiger charge is 2.44. The normalized spacial score (nSPS) is 20.6. The van der Waals surface area contributed by atoms with Gasteiger partial charge in [-0.25, -0.2) is 0 Å². The average Bonchev–Trinajstić information content (AvgIpc) is 3.18. The Morgan fingerprint density at radius 3 is 1.29 bits per heavy atom. The first-order chi connectivity index (χ1) is 26.9. The maximum absolute atomic E-state index is 12.8. The molecule has 0 spiro atoms. The second-order valence-electron chi connectivity index (χ2n) is 16.6. The van der Waals surface area contributed by atoms with Gasteiger partial charge in [0.2, 0.25) is 0 Å². The van der Waals surface area contributed by atoms with Gasteiger partial charge in [0.25, 0.3) is 0 Å². The van der Waals surface area contributed by atoms with Crippen LogP contribution in [0, 0.1) is 0 Å². The summed E-state index contributed by atoms with van der Waals surface area (Å²) in [6.45, 7) is 4.61. The number of rotatable bonds is 41. The lowest BCUT2D eigenvalue weighted by Gasteiger charge is -2.39. The number of aliphatic hydroxyl groups excluding tert-OH is 4. The van der Waals surface area contributed by atoms with Crippen LogP contribution in [-0.4, -0.2) is 89.6 Å². The summed E-state index contributed by atoms with van der Waals surface area (Å²) >= 11 is 0. The van der Waals surface area contributed by atoms with Crippen LogP contribution < -0.4 is 0 Å². The Bertz CT molecular complexity index is 812. The fourth-order valence-corrected chi connectivity index (χ4v) is 7.55. The molecular formula is C46H90O9. The molecule has 0 aromatic heterocycles. The predicted molar refractivity (Wildman–Crippen MR) is 224 cm³/mol. The van der Waals surface area contributed by atoms with Gasteiger partial charge in [0.15, 0.2) is 6.29 Å². The monoisotopic (exact) mass is 787 g/mol. The van der Waals surface area contributed by atoms with Crippen molar-refractivity contribution in [3.8, 4) is 0 Å². The maximum Gasteiger partial charge on any atom is 0.306 e. The highest BCUT2D eigenvalue weighted by molar-refractivity contribution is 5.69. The predicted octanol–water partition coefficient (Wildman–Crippen LogP) is 10.6. The summed E-state index contributed by atoms with van der Waals surface area (Å²) in [6.07, 6.45) is 34.1. The summed E-state index contributed by atoms with van der Waals surface area (Å²) in [4.78, 5) is 12.8. The van der Waals surface area contributed by atoms with Crippen molar-refractivity contribution in [1.82, 2.24) is 0 Å². The Balaban J connectivity index is 2.22. The summed E-state index contributed by atoms with van der Waals surface area (Å²) in [5, 5.41) is 40.1. The van der Waals surface area contributed by atoms with E-state index in [4.69, 9.17) is 18.9 Å². The summed E-state index contributed by atoms with van der Waals surface area (Å²) in [5.74, 6) is -0.307. The number of esters is 1. The fraction of sp³-hybridized carbons (Fsp3) is 0.978. The van der Waals surface area contributed by atoms with Crippen molar-refractivity contribution in [2.75, 3.05) is 26.4 Å². The van der Waals surface area contributed by atoms with Crippen LogP contribution in [0.15, 0.2) is 0 Å². The molecule has 4 N–H and O–H groups in total. The van der Waals surface area contributed by atoms with Gasteiger partial charge in [-0.15, -0.1) is 0 Å². The molecule has 0 bridgehead atoms. The van der Waals surface area contributed by atoms with Crippen molar-refractivity contribution in [3.05, 3.63) is 0 Å². The molecule has 0 amide bonds. The highest BCUT2D eigenvalue weighted by Crippen LogP contribution is 2.23. The lowest BCUT2D eigenvalue weighted by Crippen LogP contribution is -2.59. The molecule has 1 heterocycles. The van der Waals surface area contributed by atoms with E-state index >= 15 is 0 Å². The van der Waals surface area contributed by atoms with Crippen LogP contribution in [0.1, 0.15) is 226 Å². The molecular weight excluding hydrogens is 696 g/mol. The van der Waals surface area contributed by atoms with E-state index in [0.717, 1.165) is 32.1 Å². The number of carbonyl (C=O) groups excluding carboxylic acids is 1. The first-order valence-electron chi connectivity index (χ1n) is 23.6. The molecule has 1 saturated heterocycles. The average molecular weight is 787 g/mol. The fourth-order valence-electron chi connectivity index (χ4n) is 7.55. The van der Waals surface area contributed by atoms with Crippen molar-refractivity contribution >= 4 is 5.97 Å². The topological polar surface area (TPSA) is 135 Å². The van der Waals surface area contributed by atoms with Crippen LogP contribution in [0.5, 0.6) is 0 Å². The number of carbonyl (C=O) groups is 1. The molecule has 55 heavy (non-hydrogen) atoms. The van der Waals surface area contributed by atoms with Crippen molar-refractivity contribution in [1.29, 1.82) is 0 Å². The molecule has 0 aromatic carbocycles. The molecule has 9 heteroatoms. The highest BCUT2D eigenvalue weighted by atomic mass is 16.7. The summed E-state index contributed by atoms with van der Waals surface area (Å²) in [5.41, 5.74) is 0. The van der Waals surface area contributed by atoms with Crippen molar-refractivity contribution in [3.63, 3.8) is 0 Å². The molecule has 328 valence electrons. The SMILES string of the molecule is CCCCCCCCCCCCCCCCCCOCC(COC1OC(CO)C(O)C(O)C1O)OC(=O)CCCCCCCCCCCCCCCCCC. The van der Waals surface area contributed by atoms with Gasteiger partial charge in [-0.3, -0.25) is 4.79 Å². The van der Waals surface area contributed by atoms with Gasteiger partial charge in [0, 0.05) is 13.0 Å². The van der Waals surface area contributed by atoms with Crippen LogP contribution >= 0.6 is 0 Å². The third-order valence-electron chi connectivity index (χ3n) is 11.3. The van der Waals surface area contributed by atoms with E-state index in [1.807, 2.05) is 0 Å². The molecule has 1 rings (SSSR count). The molecule has 6 atom stereocenters. The Morgan fingerprint density at radius 1 is 0.509 bits per heavy atom. The number of unbranched alkanes of at least 4 members (excludes halogenated alkanes) is 30. The molecule has 9 nitrogen and oxygen atoms in total. The zero-order chi connectivity index (χ0) is 40.0. The molecule has 0 radical (unpaired) electrons. The molecule has 1 fully saturated rings. The largest absolute Gasteiger partial charge is 0.457 e. The van der Waals surface area contributed by atoms with Crippen LogP contribution in [0.3, 0.4) is 0 Å². The van der Waals surface area contributed by atoms with Gasteiger partial charge >= 0.3 is 5.97 Å². The van der Waals surface area contributed by atoms with Crippen molar-refractivity contribution in [2.45, 2.75) is 263 Å². The molecule has 1 aliphatic heterocycles. The lowest BCUT2D eigenvalue weighted by molar-refractivity contribution is -0.305.